The summed E-state index contributed by atoms with van der Waals surface area (Å²) in [6, 6.07) is 17.7. The molecule has 6 heteroatoms. The summed E-state index contributed by atoms with van der Waals surface area (Å²) < 4.78 is 0. The number of hydrogen-bond acceptors (Lipinski definition) is 3. The van der Waals surface area contributed by atoms with E-state index in [0.29, 0.717) is 22.8 Å². The number of benzene rings is 2. The number of nitrogens with one attached hydrogen (secondary N) is 2. The first-order chi connectivity index (χ1) is 13.1. The number of carbonyl (C=O) groups is 2. The molecular formula is C21H18ClN3O2. The summed E-state index contributed by atoms with van der Waals surface area (Å²) in [5.74, 6) is -0.467. The molecule has 2 aromatic carbocycles. The quantitative estimate of drug-likeness (QED) is 0.683. The third-order valence-corrected chi connectivity index (χ3v) is 4.15. The van der Waals surface area contributed by atoms with Crippen LogP contribution in [0.25, 0.3) is 0 Å². The van der Waals surface area contributed by atoms with Crippen molar-refractivity contribution in [1.82, 2.24) is 10.3 Å². The van der Waals surface area contributed by atoms with Gasteiger partial charge in [0.2, 0.25) is 5.91 Å². The largest absolute Gasteiger partial charge is 0.348 e. The average Bonchev–Trinajstić information content (AvgIpc) is 2.69. The standard InChI is InChI=1S/C21H18ClN3O2/c22-17-9-7-15(8-10-17)12-20(26)25-19-6-2-1-5-18(19)21(27)24-14-16-4-3-11-23-13-16/h1-11,13H,12,14H2,(H,24,27)(H,25,26). The summed E-state index contributed by atoms with van der Waals surface area (Å²) in [5.41, 5.74) is 2.62. The molecule has 0 spiro atoms. The highest BCUT2D eigenvalue weighted by Crippen LogP contribution is 2.16. The Morgan fingerprint density at radius 1 is 0.926 bits per heavy atom. The van der Waals surface area contributed by atoms with Crippen LogP contribution in [-0.2, 0) is 17.8 Å². The molecular weight excluding hydrogens is 362 g/mol. The van der Waals surface area contributed by atoms with Crippen LogP contribution in [0.1, 0.15) is 21.5 Å². The predicted molar refractivity (Wildman–Crippen MR) is 106 cm³/mol. The Balaban J connectivity index is 1.65. The van der Waals surface area contributed by atoms with Gasteiger partial charge in [-0.05, 0) is 41.5 Å². The van der Waals surface area contributed by atoms with E-state index in [9.17, 15) is 9.59 Å². The molecule has 0 radical (unpaired) electrons. The lowest BCUT2D eigenvalue weighted by atomic mass is 10.1. The maximum absolute atomic E-state index is 12.5. The number of anilines is 1. The zero-order valence-electron chi connectivity index (χ0n) is 14.5. The molecule has 3 rings (SSSR count). The number of pyridine rings is 1. The lowest BCUT2D eigenvalue weighted by Crippen LogP contribution is -2.25. The fourth-order valence-corrected chi connectivity index (χ4v) is 2.68. The van der Waals surface area contributed by atoms with E-state index in [1.165, 1.54) is 0 Å². The van der Waals surface area contributed by atoms with Crippen LogP contribution in [-0.4, -0.2) is 16.8 Å². The molecule has 3 aromatic rings. The highest BCUT2D eigenvalue weighted by atomic mass is 35.5. The van der Waals surface area contributed by atoms with E-state index in [4.69, 9.17) is 11.6 Å². The lowest BCUT2D eigenvalue weighted by Gasteiger charge is -2.11. The second-order valence-electron chi connectivity index (χ2n) is 5.94. The van der Waals surface area contributed by atoms with Crippen molar-refractivity contribution in [2.45, 2.75) is 13.0 Å². The minimum Gasteiger partial charge on any atom is -0.348 e. The molecule has 0 aliphatic heterocycles. The molecule has 0 aliphatic carbocycles. The molecule has 2 amide bonds. The van der Waals surface area contributed by atoms with Crippen LogP contribution in [0.15, 0.2) is 73.1 Å². The van der Waals surface area contributed by atoms with Crippen LogP contribution in [0.4, 0.5) is 5.69 Å². The van der Waals surface area contributed by atoms with E-state index < -0.39 is 0 Å². The number of nitrogens with zero attached hydrogens (tertiary/aromatic N) is 1. The Morgan fingerprint density at radius 3 is 2.44 bits per heavy atom. The van der Waals surface area contributed by atoms with Crippen LogP contribution >= 0.6 is 11.6 Å². The molecule has 5 nitrogen and oxygen atoms in total. The van der Waals surface area contributed by atoms with E-state index in [1.807, 2.05) is 12.1 Å². The molecule has 0 unspecified atom stereocenters. The summed E-state index contributed by atoms with van der Waals surface area (Å²) in [6.07, 6.45) is 3.57. The van der Waals surface area contributed by atoms with Crippen LogP contribution in [0, 0.1) is 0 Å². The van der Waals surface area contributed by atoms with Gasteiger partial charge in [0.15, 0.2) is 0 Å². The van der Waals surface area contributed by atoms with E-state index in [0.717, 1.165) is 11.1 Å². The van der Waals surface area contributed by atoms with Crippen LogP contribution < -0.4 is 10.6 Å². The van der Waals surface area contributed by atoms with Gasteiger partial charge in [-0.2, -0.15) is 0 Å². The first kappa shape index (κ1) is 18.6. The number of aromatic nitrogens is 1. The third kappa shape index (κ3) is 5.39. The molecule has 1 aromatic heterocycles. The number of hydrogen-bond donors (Lipinski definition) is 2. The van der Waals surface area contributed by atoms with Gasteiger partial charge in [-0.3, -0.25) is 14.6 Å². The molecule has 0 aliphatic rings. The number of carbonyl (C=O) groups excluding carboxylic acids is 2. The summed E-state index contributed by atoms with van der Waals surface area (Å²) in [6.45, 7) is 0.361. The van der Waals surface area contributed by atoms with Gasteiger partial charge in [0, 0.05) is 24.0 Å². The van der Waals surface area contributed by atoms with Crippen molar-refractivity contribution in [3.8, 4) is 0 Å². The monoisotopic (exact) mass is 379 g/mol. The third-order valence-electron chi connectivity index (χ3n) is 3.90. The van der Waals surface area contributed by atoms with Gasteiger partial charge in [0.25, 0.3) is 5.91 Å². The van der Waals surface area contributed by atoms with E-state index in [2.05, 4.69) is 15.6 Å². The number of rotatable bonds is 6. The highest BCUT2D eigenvalue weighted by Gasteiger charge is 2.13. The van der Waals surface area contributed by atoms with Gasteiger partial charge < -0.3 is 10.6 Å². The average molecular weight is 380 g/mol. The maximum atomic E-state index is 12.5. The molecule has 0 atom stereocenters. The minimum absolute atomic E-state index is 0.197. The number of amides is 2. The van der Waals surface area contributed by atoms with Crippen LogP contribution in [0.5, 0.6) is 0 Å². The summed E-state index contributed by atoms with van der Waals surface area (Å²) in [4.78, 5) is 28.9. The first-order valence-corrected chi connectivity index (χ1v) is 8.80. The second kappa shape index (κ2) is 8.96. The number of para-hydroxylation sites is 1. The van der Waals surface area contributed by atoms with Crippen LogP contribution in [0.2, 0.25) is 5.02 Å². The van der Waals surface area contributed by atoms with Crippen molar-refractivity contribution < 1.29 is 9.59 Å². The Hall–Kier alpha value is -3.18. The molecule has 0 bridgehead atoms. The molecule has 2 N–H and O–H groups in total. The Bertz CT molecular complexity index is 928. The lowest BCUT2D eigenvalue weighted by molar-refractivity contribution is -0.115. The smallest absolute Gasteiger partial charge is 0.253 e. The Kier molecular flexibility index (Phi) is 6.18. The van der Waals surface area contributed by atoms with Crippen molar-refractivity contribution in [2.24, 2.45) is 0 Å². The molecule has 1 heterocycles. The zero-order valence-corrected chi connectivity index (χ0v) is 15.2. The summed E-state index contributed by atoms with van der Waals surface area (Å²) >= 11 is 5.86. The van der Waals surface area contributed by atoms with Gasteiger partial charge >= 0.3 is 0 Å². The molecule has 27 heavy (non-hydrogen) atoms. The highest BCUT2D eigenvalue weighted by molar-refractivity contribution is 6.30. The van der Waals surface area contributed by atoms with Gasteiger partial charge in [-0.15, -0.1) is 0 Å². The van der Waals surface area contributed by atoms with Crippen molar-refractivity contribution in [1.29, 1.82) is 0 Å². The van der Waals surface area contributed by atoms with Crippen molar-refractivity contribution in [2.75, 3.05) is 5.32 Å². The SMILES string of the molecule is O=C(Cc1ccc(Cl)cc1)Nc1ccccc1C(=O)NCc1cccnc1. The number of halogens is 1. The fourth-order valence-electron chi connectivity index (χ4n) is 2.55. The van der Waals surface area contributed by atoms with Gasteiger partial charge in [-0.1, -0.05) is 41.9 Å². The summed E-state index contributed by atoms with van der Waals surface area (Å²) in [5, 5.41) is 6.27. The van der Waals surface area contributed by atoms with Crippen molar-refractivity contribution in [3.05, 3.63) is 94.8 Å². The van der Waals surface area contributed by atoms with Crippen molar-refractivity contribution in [3.63, 3.8) is 0 Å². The fraction of sp³-hybridized carbons (Fsp3) is 0.0952. The Labute approximate surface area is 162 Å². The van der Waals surface area contributed by atoms with Gasteiger partial charge in [0.05, 0.1) is 17.7 Å². The summed E-state index contributed by atoms with van der Waals surface area (Å²) in [7, 11) is 0. The van der Waals surface area contributed by atoms with Gasteiger partial charge in [-0.25, -0.2) is 0 Å². The normalized spacial score (nSPS) is 10.3. The van der Waals surface area contributed by atoms with E-state index in [-0.39, 0.29) is 18.2 Å². The zero-order chi connectivity index (χ0) is 19.1. The Morgan fingerprint density at radius 2 is 1.70 bits per heavy atom. The van der Waals surface area contributed by atoms with Crippen molar-refractivity contribution >= 4 is 29.1 Å². The predicted octanol–water partition coefficient (Wildman–Crippen LogP) is 3.85. The molecule has 136 valence electrons. The topological polar surface area (TPSA) is 71.1 Å². The molecule has 0 saturated heterocycles. The second-order valence-corrected chi connectivity index (χ2v) is 6.38. The maximum Gasteiger partial charge on any atom is 0.253 e. The molecule has 0 fully saturated rings. The minimum atomic E-state index is -0.263. The molecule has 0 saturated carbocycles. The van der Waals surface area contributed by atoms with Crippen LogP contribution in [0.3, 0.4) is 0 Å². The van der Waals surface area contributed by atoms with E-state index >= 15 is 0 Å². The first-order valence-electron chi connectivity index (χ1n) is 8.42. The van der Waals surface area contributed by atoms with Gasteiger partial charge in [0.1, 0.15) is 0 Å². The van der Waals surface area contributed by atoms with E-state index in [1.54, 1.807) is 60.9 Å².